The van der Waals surface area contributed by atoms with Gasteiger partial charge in [-0.2, -0.15) is 5.10 Å². The van der Waals surface area contributed by atoms with Crippen molar-refractivity contribution in [2.24, 2.45) is 0 Å². The van der Waals surface area contributed by atoms with Crippen LogP contribution in [0.15, 0.2) is 53.6 Å². The molecule has 0 aliphatic carbocycles. The topological polar surface area (TPSA) is 59.8 Å². The van der Waals surface area contributed by atoms with E-state index in [0.29, 0.717) is 11.9 Å². The van der Waals surface area contributed by atoms with E-state index >= 15 is 0 Å². The van der Waals surface area contributed by atoms with Gasteiger partial charge in [0, 0.05) is 24.3 Å². The molecule has 3 aromatic rings. The van der Waals surface area contributed by atoms with E-state index in [1.54, 1.807) is 12.4 Å². The van der Waals surface area contributed by atoms with Crippen molar-refractivity contribution in [3.05, 3.63) is 64.8 Å². The Bertz CT molecular complexity index is 810. The molecule has 0 radical (unpaired) electrons. The zero-order valence-corrected chi connectivity index (χ0v) is 11.1. The minimum Gasteiger partial charge on any atom is -0.388 e. The zero-order chi connectivity index (χ0) is 13.9. The highest BCUT2D eigenvalue weighted by molar-refractivity contribution is 5.80. The number of benzene rings is 1. The molecule has 0 aliphatic rings. The minimum atomic E-state index is -0.0974. The third-order valence-corrected chi connectivity index (χ3v) is 3.18. The summed E-state index contributed by atoms with van der Waals surface area (Å²) in [5, 5.41) is 8.78. The fraction of sp³-hybridized carbons (Fsp3) is 0.133. The van der Waals surface area contributed by atoms with Crippen molar-refractivity contribution in [2.45, 2.75) is 6.54 Å². The number of pyridine rings is 1. The molecule has 0 unspecified atom stereocenters. The summed E-state index contributed by atoms with van der Waals surface area (Å²) in [6.07, 6.45) is 3.42. The molecule has 0 aliphatic heterocycles. The second kappa shape index (κ2) is 5.13. The van der Waals surface area contributed by atoms with Gasteiger partial charge >= 0.3 is 0 Å². The number of hydrogen-bond donors (Lipinski definition) is 1. The quantitative estimate of drug-likeness (QED) is 0.786. The Balaban J connectivity index is 2.02. The Kier molecular flexibility index (Phi) is 3.16. The van der Waals surface area contributed by atoms with Crippen molar-refractivity contribution in [1.29, 1.82) is 0 Å². The molecule has 0 saturated carbocycles. The molecule has 2 aromatic heterocycles. The van der Waals surface area contributed by atoms with E-state index < -0.39 is 0 Å². The summed E-state index contributed by atoms with van der Waals surface area (Å²) in [6.45, 7) is 0.360. The van der Waals surface area contributed by atoms with Gasteiger partial charge in [-0.25, -0.2) is 4.68 Å². The smallest absolute Gasteiger partial charge is 0.274 e. The lowest BCUT2D eigenvalue weighted by Gasteiger charge is -2.07. The van der Waals surface area contributed by atoms with Crippen LogP contribution in [0.2, 0.25) is 0 Å². The van der Waals surface area contributed by atoms with Crippen molar-refractivity contribution in [2.75, 3.05) is 12.4 Å². The first kappa shape index (κ1) is 12.3. The minimum absolute atomic E-state index is 0.0974. The molecule has 0 saturated heterocycles. The number of nitrogens with one attached hydrogen (secondary N) is 1. The molecule has 20 heavy (non-hydrogen) atoms. The highest BCUT2D eigenvalue weighted by Crippen LogP contribution is 2.09. The molecular formula is C15H14N4O. The van der Waals surface area contributed by atoms with Crippen molar-refractivity contribution in [1.82, 2.24) is 14.8 Å². The van der Waals surface area contributed by atoms with Crippen LogP contribution in [0.3, 0.4) is 0 Å². The number of anilines is 1. The highest BCUT2D eigenvalue weighted by Gasteiger charge is 2.05. The molecule has 0 amide bonds. The Labute approximate surface area is 115 Å². The van der Waals surface area contributed by atoms with Gasteiger partial charge in [0.05, 0.1) is 23.8 Å². The molecule has 0 spiro atoms. The predicted octanol–water partition coefficient (Wildman–Crippen LogP) is 1.88. The summed E-state index contributed by atoms with van der Waals surface area (Å²) >= 11 is 0. The maximum absolute atomic E-state index is 12.3. The lowest BCUT2D eigenvalue weighted by Crippen LogP contribution is -2.23. The van der Waals surface area contributed by atoms with Gasteiger partial charge < -0.3 is 5.32 Å². The summed E-state index contributed by atoms with van der Waals surface area (Å²) in [5.74, 6) is 0. The number of rotatable bonds is 3. The average molecular weight is 266 g/mol. The number of aromatic nitrogens is 3. The van der Waals surface area contributed by atoms with Gasteiger partial charge in [-0.15, -0.1) is 0 Å². The predicted molar refractivity (Wildman–Crippen MR) is 78.9 cm³/mol. The van der Waals surface area contributed by atoms with Gasteiger partial charge in [0.15, 0.2) is 0 Å². The van der Waals surface area contributed by atoms with Gasteiger partial charge in [-0.3, -0.25) is 9.78 Å². The first-order valence-corrected chi connectivity index (χ1v) is 6.35. The van der Waals surface area contributed by atoms with E-state index in [4.69, 9.17) is 0 Å². The maximum atomic E-state index is 12.3. The molecule has 3 rings (SSSR count). The van der Waals surface area contributed by atoms with Gasteiger partial charge in [0.2, 0.25) is 0 Å². The van der Waals surface area contributed by atoms with Crippen molar-refractivity contribution in [3.63, 3.8) is 0 Å². The second-order valence-electron chi connectivity index (χ2n) is 4.48. The van der Waals surface area contributed by atoms with Crippen LogP contribution >= 0.6 is 0 Å². The van der Waals surface area contributed by atoms with Crippen LogP contribution in [0, 0.1) is 0 Å². The molecule has 0 bridgehead atoms. The van der Waals surface area contributed by atoms with Crippen LogP contribution in [0.1, 0.15) is 5.69 Å². The Morgan fingerprint density at radius 3 is 2.95 bits per heavy atom. The van der Waals surface area contributed by atoms with Gasteiger partial charge in [0.1, 0.15) is 0 Å². The van der Waals surface area contributed by atoms with Gasteiger partial charge in [0.25, 0.3) is 5.56 Å². The standard InChI is InChI=1S/C15H14N4O/c1-16-12-6-7-17-13(8-12)10-19-15(20)14-5-3-2-4-11(14)9-18-19/h2-9H,10H2,1H3,(H,16,17). The molecule has 2 heterocycles. The number of hydrogen-bond acceptors (Lipinski definition) is 4. The van der Waals surface area contributed by atoms with Crippen LogP contribution in [0.4, 0.5) is 5.69 Å². The fourth-order valence-electron chi connectivity index (χ4n) is 2.11. The van der Waals surface area contributed by atoms with Crippen molar-refractivity contribution in [3.8, 4) is 0 Å². The molecule has 100 valence electrons. The molecule has 5 nitrogen and oxygen atoms in total. The largest absolute Gasteiger partial charge is 0.388 e. The van der Waals surface area contributed by atoms with Crippen LogP contribution in [-0.4, -0.2) is 21.8 Å². The lowest BCUT2D eigenvalue weighted by molar-refractivity contribution is 0.636. The first-order chi connectivity index (χ1) is 9.78. The van der Waals surface area contributed by atoms with Crippen LogP contribution in [0.25, 0.3) is 10.8 Å². The monoisotopic (exact) mass is 266 g/mol. The lowest BCUT2D eigenvalue weighted by atomic mass is 10.2. The summed E-state index contributed by atoms with van der Waals surface area (Å²) in [6, 6.07) is 11.2. The summed E-state index contributed by atoms with van der Waals surface area (Å²) in [5.41, 5.74) is 1.66. The third-order valence-electron chi connectivity index (χ3n) is 3.18. The molecule has 0 fully saturated rings. The van der Waals surface area contributed by atoms with Crippen molar-refractivity contribution < 1.29 is 0 Å². The second-order valence-corrected chi connectivity index (χ2v) is 4.48. The molecular weight excluding hydrogens is 252 g/mol. The molecule has 0 atom stereocenters. The highest BCUT2D eigenvalue weighted by atomic mass is 16.1. The Hall–Kier alpha value is -2.69. The zero-order valence-electron chi connectivity index (χ0n) is 11.1. The third kappa shape index (κ3) is 2.25. The molecule has 1 aromatic carbocycles. The van der Waals surface area contributed by atoms with E-state index in [1.807, 2.05) is 43.4 Å². The van der Waals surface area contributed by atoms with E-state index in [1.165, 1.54) is 4.68 Å². The van der Waals surface area contributed by atoms with E-state index in [9.17, 15) is 4.79 Å². The maximum Gasteiger partial charge on any atom is 0.274 e. The SMILES string of the molecule is CNc1ccnc(Cn2ncc3ccccc3c2=O)c1. The number of nitrogens with zero attached hydrogens (tertiary/aromatic N) is 3. The Morgan fingerprint density at radius 1 is 1.25 bits per heavy atom. The van der Waals surface area contributed by atoms with Crippen LogP contribution in [-0.2, 0) is 6.54 Å². The first-order valence-electron chi connectivity index (χ1n) is 6.35. The Morgan fingerprint density at radius 2 is 2.10 bits per heavy atom. The van der Waals surface area contributed by atoms with Crippen LogP contribution < -0.4 is 10.9 Å². The summed E-state index contributed by atoms with van der Waals surface area (Å²) in [7, 11) is 1.85. The fourth-order valence-corrected chi connectivity index (χ4v) is 2.11. The van der Waals surface area contributed by atoms with E-state index in [2.05, 4.69) is 15.4 Å². The van der Waals surface area contributed by atoms with Gasteiger partial charge in [-0.05, 0) is 18.2 Å². The molecule has 1 N–H and O–H groups in total. The normalized spacial score (nSPS) is 10.7. The van der Waals surface area contributed by atoms with Crippen molar-refractivity contribution >= 4 is 16.5 Å². The van der Waals surface area contributed by atoms with E-state index in [0.717, 1.165) is 16.8 Å². The van der Waals surface area contributed by atoms with E-state index in [-0.39, 0.29) is 5.56 Å². The van der Waals surface area contributed by atoms with Crippen LogP contribution in [0.5, 0.6) is 0 Å². The molecule has 5 heteroatoms. The summed E-state index contributed by atoms with van der Waals surface area (Å²) < 4.78 is 1.43. The number of fused-ring (bicyclic) bond motifs is 1. The summed E-state index contributed by atoms with van der Waals surface area (Å²) in [4.78, 5) is 16.6. The van der Waals surface area contributed by atoms with Gasteiger partial charge in [-0.1, -0.05) is 18.2 Å². The average Bonchev–Trinajstić information content (AvgIpc) is 2.50.